The van der Waals surface area contributed by atoms with Gasteiger partial charge in [0.25, 0.3) is 5.91 Å². The third-order valence-electron chi connectivity index (χ3n) is 2.06. The van der Waals surface area contributed by atoms with Gasteiger partial charge in [-0.05, 0) is 29.8 Å². The Morgan fingerprint density at radius 1 is 1.28 bits per heavy atom. The second kappa shape index (κ2) is 5.29. The standard InChI is InChI=1S/C11H6Cl2FN3O/c12-7-3-1-2-6(9(7)14)10(18)16-8-4-5-15-11(13)17-8/h1-5H,(H,15,16,17,18). The van der Waals surface area contributed by atoms with Gasteiger partial charge in [0.2, 0.25) is 5.28 Å². The number of hydrogen-bond donors (Lipinski definition) is 1. The lowest BCUT2D eigenvalue weighted by molar-refractivity contribution is 0.102. The lowest BCUT2D eigenvalue weighted by Gasteiger charge is -2.05. The Bertz CT molecular complexity index is 607. The molecule has 92 valence electrons. The summed E-state index contributed by atoms with van der Waals surface area (Å²) in [5.41, 5.74) is -0.169. The van der Waals surface area contributed by atoms with Crippen molar-refractivity contribution in [2.24, 2.45) is 0 Å². The minimum atomic E-state index is -0.781. The Labute approximate surface area is 112 Å². The summed E-state index contributed by atoms with van der Waals surface area (Å²) in [7, 11) is 0. The molecule has 18 heavy (non-hydrogen) atoms. The van der Waals surface area contributed by atoms with Gasteiger partial charge in [0, 0.05) is 6.20 Å². The lowest BCUT2D eigenvalue weighted by Crippen LogP contribution is -2.15. The van der Waals surface area contributed by atoms with Crippen LogP contribution in [0.25, 0.3) is 0 Å². The molecule has 1 heterocycles. The molecule has 1 aromatic carbocycles. The zero-order chi connectivity index (χ0) is 13.1. The van der Waals surface area contributed by atoms with Gasteiger partial charge in [0.1, 0.15) is 5.82 Å². The predicted molar refractivity (Wildman–Crippen MR) is 66.4 cm³/mol. The van der Waals surface area contributed by atoms with Crippen molar-refractivity contribution in [2.75, 3.05) is 5.32 Å². The van der Waals surface area contributed by atoms with Crippen LogP contribution in [0.5, 0.6) is 0 Å². The summed E-state index contributed by atoms with van der Waals surface area (Å²) < 4.78 is 13.6. The van der Waals surface area contributed by atoms with Crippen LogP contribution in [-0.4, -0.2) is 15.9 Å². The van der Waals surface area contributed by atoms with Gasteiger partial charge >= 0.3 is 0 Å². The summed E-state index contributed by atoms with van der Waals surface area (Å²) in [6.07, 6.45) is 1.37. The topological polar surface area (TPSA) is 54.9 Å². The first-order valence-electron chi connectivity index (χ1n) is 4.82. The van der Waals surface area contributed by atoms with Gasteiger partial charge in [-0.3, -0.25) is 4.79 Å². The largest absolute Gasteiger partial charge is 0.306 e. The van der Waals surface area contributed by atoms with E-state index in [1.165, 1.54) is 30.5 Å². The molecule has 2 aromatic rings. The molecule has 0 unspecified atom stereocenters. The first-order chi connectivity index (χ1) is 8.58. The zero-order valence-corrected chi connectivity index (χ0v) is 10.3. The zero-order valence-electron chi connectivity index (χ0n) is 8.82. The number of nitrogens with one attached hydrogen (secondary N) is 1. The summed E-state index contributed by atoms with van der Waals surface area (Å²) in [5.74, 6) is -1.26. The SMILES string of the molecule is O=C(Nc1ccnc(Cl)n1)c1cccc(Cl)c1F. The number of carbonyl (C=O) groups excluding carboxylic acids is 1. The van der Waals surface area contributed by atoms with E-state index in [4.69, 9.17) is 23.2 Å². The van der Waals surface area contributed by atoms with Crippen LogP contribution in [0.3, 0.4) is 0 Å². The minimum absolute atomic E-state index is 0.0145. The number of aromatic nitrogens is 2. The molecule has 0 aliphatic heterocycles. The summed E-state index contributed by atoms with van der Waals surface area (Å²) in [5, 5.41) is 2.26. The van der Waals surface area contributed by atoms with Crippen LogP contribution in [0.4, 0.5) is 10.2 Å². The highest BCUT2D eigenvalue weighted by Crippen LogP contribution is 2.18. The van der Waals surface area contributed by atoms with Gasteiger partial charge < -0.3 is 5.32 Å². The van der Waals surface area contributed by atoms with Crippen LogP contribution in [0.1, 0.15) is 10.4 Å². The smallest absolute Gasteiger partial charge is 0.259 e. The molecule has 0 saturated heterocycles. The molecule has 0 aliphatic rings. The molecule has 7 heteroatoms. The summed E-state index contributed by atoms with van der Waals surface area (Å²) in [6, 6.07) is 5.59. The van der Waals surface area contributed by atoms with E-state index in [0.717, 1.165) is 0 Å². The first kappa shape index (κ1) is 12.7. The molecule has 0 radical (unpaired) electrons. The van der Waals surface area contributed by atoms with Crippen LogP contribution in [0.2, 0.25) is 10.3 Å². The highest BCUT2D eigenvalue weighted by atomic mass is 35.5. The maximum Gasteiger partial charge on any atom is 0.259 e. The van der Waals surface area contributed by atoms with E-state index >= 15 is 0 Å². The summed E-state index contributed by atoms with van der Waals surface area (Å²) in [4.78, 5) is 19.2. The quantitative estimate of drug-likeness (QED) is 0.863. The molecular formula is C11H6Cl2FN3O. The number of anilines is 1. The molecule has 0 saturated carbocycles. The Kier molecular flexibility index (Phi) is 3.74. The number of hydrogen-bond acceptors (Lipinski definition) is 3. The van der Waals surface area contributed by atoms with Crippen LogP contribution >= 0.6 is 23.2 Å². The highest BCUT2D eigenvalue weighted by Gasteiger charge is 2.14. The Morgan fingerprint density at radius 3 is 2.78 bits per heavy atom. The fourth-order valence-electron chi connectivity index (χ4n) is 1.27. The van der Waals surface area contributed by atoms with Gasteiger partial charge in [0.05, 0.1) is 10.6 Å². The Hall–Kier alpha value is -1.72. The van der Waals surface area contributed by atoms with Crippen molar-refractivity contribution in [2.45, 2.75) is 0 Å². The van der Waals surface area contributed by atoms with E-state index < -0.39 is 11.7 Å². The number of rotatable bonds is 2. The molecule has 1 N–H and O–H groups in total. The fourth-order valence-corrected chi connectivity index (χ4v) is 1.59. The van der Waals surface area contributed by atoms with Crippen molar-refractivity contribution >= 4 is 34.9 Å². The lowest BCUT2D eigenvalue weighted by atomic mass is 10.2. The van der Waals surface area contributed by atoms with Crippen LogP contribution in [-0.2, 0) is 0 Å². The molecule has 0 atom stereocenters. The van der Waals surface area contributed by atoms with E-state index in [1.54, 1.807) is 0 Å². The molecule has 0 fully saturated rings. The Morgan fingerprint density at radius 2 is 2.06 bits per heavy atom. The molecule has 0 bridgehead atoms. The van der Waals surface area contributed by atoms with E-state index in [1.807, 2.05) is 0 Å². The fraction of sp³-hybridized carbons (Fsp3) is 0. The van der Waals surface area contributed by atoms with Crippen molar-refractivity contribution in [1.29, 1.82) is 0 Å². The minimum Gasteiger partial charge on any atom is -0.306 e. The van der Waals surface area contributed by atoms with Crippen molar-refractivity contribution in [3.05, 3.63) is 52.1 Å². The van der Waals surface area contributed by atoms with Crippen LogP contribution in [0.15, 0.2) is 30.5 Å². The average Bonchev–Trinajstić information content (AvgIpc) is 2.32. The van der Waals surface area contributed by atoms with E-state index in [9.17, 15) is 9.18 Å². The van der Waals surface area contributed by atoms with Gasteiger partial charge in [-0.15, -0.1) is 0 Å². The number of amides is 1. The summed E-state index contributed by atoms with van der Waals surface area (Å²) >= 11 is 11.1. The van der Waals surface area contributed by atoms with E-state index in [2.05, 4.69) is 15.3 Å². The maximum absolute atomic E-state index is 13.6. The van der Waals surface area contributed by atoms with Crippen molar-refractivity contribution in [3.8, 4) is 0 Å². The van der Waals surface area contributed by atoms with E-state index in [0.29, 0.717) is 0 Å². The highest BCUT2D eigenvalue weighted by molar-refractivity contribution is 6.31. The second-order valence-electron chi connectivity index (χ2n) is 3.27. The number of benzene rings is 1. The third-order valence-corrected chi connectivity index (χ3v) is 2.54. The third kappa shape index (κ3) is 2.75. The predicted octanol–water partition coefficient (Wildman–Crippen LogP) is 3.17. The molecular weight excluding hydrogens is 280 g/mol. The first-order valence-corrected chi connectivity index (χ1v) is 5.57. The van der Waals surface area contributed by atoms with Crippen LogP contribution in [0, 0.1) is 5.82 Å². The number of nitrogens with zero attached hydrogens (tertiary/aromatic N) is 2. The monoisotopic (exact) mass is 285 g/mol. The van der Waals surface area contributed by atoms with Gasteiger partial charge in [-0.2, -0.15) is 0 Å². The molecule has 2 rings (SSSR count). The average molecular weight is 286 g/mol. The molecule has 1 aromatic heterocycles. The van der Waals surface area contributed by atoms with Crippen LogP contribution < -0.4 is 5.32 Å². The molecule has 1 amide bonds. The Balaban J connectivity index is 2.25. The molecule has 0 spiro atoms. The van der Waals surface area contributed by atoms with Gasteiger partial charge in [0.15, 0.2) is 5.82 Å². The summed E-state index contributed by atoms with van der Waals surface area (Å²) in [6.45, 7) is 0. The van der Waals surface area contributed by atoms with Crippen molar-refractivity contribution in [1.82, 2.24) is 9.97 Å². The number of carbonyl (C=O) groups is 1. The normalized spacial score (nSPS) is 10.2. The van der Waals surface area contributed by atoms with Crippen molar-refractivity contribution < 1.29 is 9.18 Å². The molecule has 4 nitrogen and oxygen atoms in total. The maximum atomic E-state index is 13.6. The second-order valence-corrected chi connectivity index (χ2v) is 4.01. The van der Waals surface area contributed by atoms with E-state index in [-0.39, 0.29) is 21.7 Å². The van der Waals surface area contributed by atoms with Crippen molar-refractivity contribution in [3.63, 3.8) is 0 Å². The van der Waals surface area contributed by atoms with Gasteiger partial charge in [-0.1, -0.05) is 17.7 Å². The number of halogens is 3. The molecule has 0 aliphatic carbocycles. The van der Waals surface area contributed by atoms with Gasteiger partial charge in [-0.25, -0.2) is 14.4 Å².